The van der Waals surface area contributed by atoms with Crippen LogP contribution in [0, 0.1) is 6.92 Å². The quantitative estimate of drug-likeness (QED) is 0.423. The zero-order valence-electron chi connectivity index (χ0n) is 11.9. The first-order valence-electron chi connectivity index (χ1n) is 6.64. The van der Waals surface area contributed by atoms with E-state index in [0.717, 1.165) is 5.75 Å². The molecule has 1 rings (SSSR count). The van der Waals surface area contributed by atoms with E-state index in [1.54, 1.807) is 0 Å². The number of benzene rings is 1. The summed E-state index contributed by atoms with van der Waals surface area (Å²) in [4.78, 5) is 11.5. The third-order valence-electron chi connectivity index (χ3n) is 2.49. The van der Waals surface area contributed by atoms with Gasteiger partial charge in [0.25, 0.3) is 0 Å². The van der Waals surface area contributed by atoms with Crippen molar-refractivity contribution in [3.05, 3.63) is 29.8 Å². The number of hydrogen-bond acceptors (Lipinski definition) is 3. The first-order valence-corrected chi connectivity index (χ1v) is 7.04. The third kappa shape index (κ3) is 6.94. The molecule has 0 radical (unpaired) electrons. The van der Waals surface area contributed by atoms with E-state index in [0.29, 0.717) is 31.1 Å². The van der Waals surface area contributed by atoms with E-state index in [4.69, 9.17) is 17.0 Å². The molecule has 0 aliphatic rings. The summed E-state index contributed by atoms with van der Waals surface area (Å²) in [6, 6.07) is 7.83. The lowest BCUT2D eigenvalue weighted by Gasteiger charge is -2.10. The number of carbonyl (C=O) groups is 1. The average molecular weight is 295 g/mol. The molecule has 0 spiro atoms. The average Bonchev–Trinajstić information content (AvgIpc) is 2.43. The van der Waals surface area contributed by atoms with Gasteiger partial charge in [0.2, 0.25) is 5.91 Å². The lowest BCUT2D eigenvalue weighted by Crippen LogP contribution is -2.46. The Morgan fingerprint density at radius 1 is 1.25 bits per heavy atom. The molecule has 6 heteroatoms. The number of ether oxygens (including phenoxy) is 1. The molecule has 0 atom stereocenters. The molecule has 0 aliphatic heterocycles. The van der Waals surface area contributed by atoms with E-state index in [2.05, 4.69) is 16.2 Å². The van der Waals surface area contributed by atoms with Crippen LogP contribution in [0.1, 0.15) is 25.3 Å². The fourth-order valence-electron chi connectivity index (χ4n) is 1.45. The molecule has 0 bridgehead atoms. The second-order valence-corrected chi connectivity index (χ2v) is 4.71. The number of hydrazine groups is 1. The fraction of sp³-hybridized carbons (Fsp3) is 0.429. The molecule has 0 aliphatic carbocycles. The molecule has 0 unspecified atom stereocenters. The molecule has 0 heterocycles. The second-order valence-electron chi connectivity index (χ2n) is 4.30. The van der Waals surface area contributed by atoms with Gasteiger partial charge in [0.1, 0.15) is 5.75 Å². The van der Waals surface area contributed by atoms with Crippen LogP contribution in [0.25, 0.3) is 0 Å². The van der Waals surface area contributed by atoms with Crippen molar-refractivity contribution in [2.24, 2.45) is 0 Å². The van der Waals surface area contributed by atoms with Gasteiger partial charge >= 0.3 is 0 Å². The Morgan fingerprint density at radius 3 is 2.60 bits per heavy atom. The Hall–Kier alpha value is -1.82. The highest BCUT2D eigenvalue weighted by atomic mass is 32.1. The lowest BCUT2D eigenvalue weighted by molar-refractivity contribution is -0.121. The van der Waals surface area contributed by atoms with E-state index < -0.39 is 0 Å². The maximum absolute atomic E-state index is 11.5. The van der Waals surface area contributed by atoms with Gasteiger partial charge in [0.05, 0.1) is 6.61 Å². The van der Waals surface area contributed by atoms with Crippen LogP contribution in [0.2, 0.25) is 0 Å². The van der Waals surface area contributed by atoms with Crippen LogP contribution in [0.4, 0.5) is 0 Å². The Balaban J connectivity index is 2.10. The summed E-state index contributed by atoms with van der Waals surface area (Å²) in [6.45, 7) is 5.18. The largest absolute Gasteiger partial charge is 0.494 e. The molecule has 1 amide bonds. The summed E-state index contributed by atoms with van der Waals surface area (Å²) in [5, 5.41) is 3.29. The Labute approximate surface area is 125 Å². The van der Waals surface area contributed by atoms with Crippen LogP contribution >= 0.6 is 12.2 Å². The predicted octanol–water partition coefficient (Wildman–Crippen LogP) is 1.67. The van der Waals surface area contributed by atoms with Crippen LogP contribution in [-0.4, -0.2) is 24.2 Å². The summed E-state index contributed by atoms with van der Waals surface area (Å²) in [6.07, 6.45) is 1.03. The standard InChI is InChI=1S/C14H21N3O2S/c1-3-15-14(20)17-16-13(18)5-4-10-19-12-8-6-11(2)7-9-12/h6-9H,3-5,10H2,1-2H3,(H,16,18)(H2,15,17,20). The van der Waals surface area contributed by atoms with Gasteiger partial charge in [-0.1, -0.05) is 17.7 Å². The Morgan fingerprint density at radius 2 is 1.95 bits per heavy atom. The monoisotopic (exact) mass is 295 g/mol. The summed E-state index contributed by atoms with van der Waals surface area (Å²) in [5.74, 6) is 0.709. The number of thiocarbonyl (C=S) groups is 1. The van der Waals surface area contributed by atoms with Gasteiger partial charge in [-0.15, -0.1) is 0 Å². The van der Waals surface area contributed by atoms with Gasteiger partial charge in [-0.25, -0.2) is 0 Å². The molecular formula is C14H21N3O2S. The van der Waals surface area contributed by atoms with Crippen molar-refractivity contribution in [3.8, 4) is 5.75 Å². The van der Waals surface area contributed by atoms with Crippen LogP contribution in [-0.2, 0) is 4.79 Å². The van der Waals surface area contributed by atoms with Crippen molar-refractivity contribution in [1.29, 1.82) is 0 Å². The van der Waals surface area contributed by atoms with Crippen LogP contribution < -0.4 is 20.9 Å². The number of amides is 1. The van der Waals surface area contributed by atoms with E-state index in [9.17, 15) is 4.79 Å². The summed E-state index contributed by atoms with van der Waals surface area (Å²) >= 11 is 4.92. The Kier molecular flexibility index (Phi) is 7.42. The zero-order chi connectivity index (χ0) is 14.8. The van der Waals surface area contributed by atoms with Gasteiger partial charge in [0, 0.05) is 13.0 Å². The van der Waals surface area contributed by atoms with Gasteiger partial charge in [0.15, 0.2) is 5.11 Å². The maximum Gasteiger partial charge on any atom is 0.238 e. The highest BCUT2D eigenvalue weighted by molar-refractivity contribution is 7.80. The predicted molar refractivity (Wildman–Crippen MR) is 83.5 cm³/mol. The number of hydrogen-bond donors (Lipinski definition) is 3. The first-order chi connectivity index (χ1) is 9.61. The molecule has 0 fully saturated rings. The molecule has 1 aromatic carbocycles. The number of carbonyl (C=O) groups excluding carboxylic acids is 1. The van der Waals surface area contributed by atoms with Crippen molar-refractivity contribution in [2.45, 2.75) is 26.7 Å². The van der Waals surface area contributed by atoms with Crippen molar-refractivity contribution in [1.82, 2.24) is 16.2 Å². The molecule has 0 aromatic heterocycles. The number of rotatable bonds is 6. The van der Waals surface area contributed by atoms with Gasteiger partial charge < -0.3 is 10.1 Å². The van der Waals surface area contributed by atoms with E-state index in [1.807, 2.05) is 38.1 Å². The first kappa shape index (κ1) is 16.2. The van der Waals surface area contributed by atoms with E-state index >= 15 is 0 Å². The zero-order valence-corrected chi connectivity index (χ0v) is 12.7. The van der Waals surface area contributed by atoms with Crippen molar-refractivity contribution >= 4 is 23.2 Å². The van der Waals surface area contributed by atoms with Crippen molar-refractivity contribution < 1.29 is 9.53 Å². The molecule has 3 N–H and O–H groups in total. The summed E-state index contributed by atoms with van der Waals surface area (Å²) < 4.78 is 5.54. The van der Waals surface area contributed by atoms with E-state index in [1.165, 1.54) is 5.56 Å². The van der Waals surface area contributed by atoms with E-state index in [-0.39, 0.29) is 5.91 Å². The highest BCUT2D eigenvalue weighted by Gasteiger charge is 2.02. The second kappa shape index (κ2) is 9.14. The van der Waals surface area contributed by atoms with Gasteiger partial charge in [-0.2, -0.15) is 0 Å². The molecule has 20 heavy (non-hydrogen) atoms. The van der Waals surface area contributed by atoms with Crippen molar-refractivity contribution in [2.75, 3.05) is 13.2 Å². The van der Waals surface area contributed by atoms with Crippen LogP contribution in [0.3, 0.4) is 0 Å². The van der Waals surface area contributed by atoms with Crippen molar-refractivity contribution in [3.63, 3.8) is 0 Å². The molecule has 110 valence electrons. The lowest BCUT2D eigenvalue weighted by atomic mass is 10.2. The number of nitrogens with one attached hydrogen (secondary N) is 3. The Bertz CT molecular complexity index is 435. The molecular weight excluding hydrogens is 274 g/mol. The topological polar surface area (TPSA) is 62.4 Å². The molecule has 5 nitrogen and oxygen atoms in total. The molecule has 0 saturated carbocycles. The van der Waals surface area contributed by atoms with Crippen LogP contribution in [0.15, 0.2) is 24.3 Å². The maximum atomic E-state index is 11.5. The highest BCUT2D eigenvalue weighted by Crippen LogP contribution is 2.11. The van der Waals surface area contributed by atoms with Gasteiger partial charge in [-0.05, 0) is 44.6 Å². The van der Waals surface area contributed by atoms with Gasteiger partial charge in [-0.3, -0.25) is 15.6 Å². The number of aryl methyl sites for hydroxylation is 1. The fourth-order valence-corrected chi connectivity index (χ4v) is 1.65. The minimum Gasteiger partial charge on any atom is -0.494 e. The SMILES string of the molecule is CCNC(=S)NNC(=O)CCCOc1ccc(C)cc1. The van der Waals surface area contributed by atoms with Crippen LogP contribution in [0.5, 0.6) is 5.75 Å². The third-order valence-corrected chi connectivity index (χ3v) is 2.74. The summed E-state index contributed by atoms with van der Waals surface area (Å²) in [7, 11) is 0. The minimum absolute atomic E-state index is 0.113. The normalized spacial score (nSPS) is 9.70. The summed E-state index contributed by atoms with van der Waals surface area (Å²) in [5.41, 5.74) is 6.35. The minimum atomic E-state index is -0.113. The molecule has 1 aromatic rings. The molecule has 0 saturated heterocycles. The smallest absolute Gasteiger partial charge is 0.238 e.